The highest BCUT2D eigenvalue weighted by Gasteiger charge is 2.35. The number of hydrogen-bond donors (Lipinski definition) is 2. The van der Waals surface area contributed by atoms with Crippen LogP contribution in [0.2, 0.25) is 0 Å². The van der Waals surface area contributed by atoms with Gasteiger partial charge < -0.3 is 24.8 Å². The lowest BCUT2D eigenvalue weighted by atomic mass is 9.94. The van der Waals surface area contributed by atoms with Crippen LogP contribution in [0.4, 0.5) is 0 Å². The average molecular weight is 574 g/mol. The van der Waals surface area contributed by atoms with E-state index in [4.69, 9.17) is 9.47 Å². The van der Waals surface area contributed by atoms with Crippen molar-refractivity contribution in [2.45, 2.75) is 65.1 Å². The van der Waals surface area contributed by atoms with Gasteiger partial charge in [-0.2, -0.15) is 0 Å². The number of carbonyl (C=O) groups is 4. The van der Waals surface area contributed by atoms with Crippen LogP contribution >= 0.6 is 11.3 Å². The van der Waals surface area contributed by atoms with E-state index in [1.807, 2.05) is 44.2 Å². The number of nitrogens with one attached hydrogen (secondary N) is 1. The molecule has 0 aliphatic carbocycles. The maximum atomic E-state index is 13.2. The first-order chi connectivity index (χ1) is 19.0. The van der Waals surface area contributed by atoms with Gasteiger partial charge in [-0.05, 0) is 24.3 Å². The van der Waals surface area contributed by atoms with Crippen LogP contribution in [-0.4, -0.2) is 71.1 Å². The molecule has 0 bridgehead atoms. The number of benzene rings is 1. The summed E-state index contributed by atoms with van der Waals surface area (Å²) < 4.78 is 10.8. The Kier molecular flexibility index (Phi) is 11.2. The van der Waals surface area contributed by atoms with Crippen molar-refractivity contribution in [2.24, 2.45) is 17.8 Å². The highest BCUT2D eigenvalue weighted by atomic mass is 32.1. The molecular formula is C29H39N3O7S. The summed E-state index contributed by atoms with van der Waals surface area (Å²) in [5, 5.41) is 14.4. The van der Waals surface area contributed by atoms with Crippen LogP contribution in [0.3, 0.4) is 0 Å². The molecule has 1 fully saturated rings. The van der Waals surface area contributed by atoms with Gasteiger partial charge in [0.1, 0.15) is 10.7 Å². The van der Waals surface area contributed by atoms with E-state index in [2.05, 4.69) is 10.3 Å². The zero-order valence-corrected chi connectivity index (χ0v) is 24.5. The molecule has 4 atom stereocenters. The molecule has 40 heavy (non-hydrogen) atoms. The van der Waals surface area contributed by atoms with E-state index in [0.29, 0.717) is 31.1 Å². The number of carbonyl (C=O) groups excluding carboxylic acids is 3. The van der Waals surface area contributed by atoms with E-state index in [-0.39, 0.29) is 35.9 Å². The molecule has 0 radical (unpaired) electrons. The van der Waals surface area contributed by atoms with E-state index in [0.717, 1.165) is 5.56 Å². The number of esters is 1. The number of hydrogen-bond acceptors (Lipinski definition) is 8. The van der Waals surface area contributed by atoms with Crippen molar-refractivity contribution < 1.29 is 33.8 Å². The maximum Gasteiger partial charge on any atom is 0.306 e. The second kappa shape index (κ2) is 14.4. The van der Waals surface area contributed by atoms with Gasteiger partial charge in [0.05, 0.1) is 25.0 Å². The van der Waals surface area contributed by atoms with Gasteiger partial charge >= 0.3 is 11.9 Å². The van der Waals surface area contributed by atoms with Gasteiger partial charge in [-0.25, -0.2) is 4.98 Å². The standard InChI is InChI=1S/C29H39N3O7S/c1-17(2)24(32(5)28(35)21-14-38-15-21)13-25(39-19(4)33)27-31-23(16-40-27)26(34)30-22(11-18(3)29(36)37)12-20-9-7-6-8-10-20/h6-10,16-18,21-22,24-25H,11-15H2,1-5H3,(H,30,34)(H,36,37). The average Bonchev–Trinajstić information content (AvgIpc) is 3.35. The normalized spacial score (nSPS) is 16.4. The highest BCUT2D eigenvalue weighted by Crippen LogP contribution is 2.31. The lowest BCUT2D eigenvalue weighted by Gasteiger charge is -2.37. The fourth-order valence-corrected chi connectivity index (χ4v) is 5.58. The Morgan fingerprint density at radius 1 is 1.15 bits per heavy atom. The van der Waals surface area contributed by atoms with E-state index in [1.54, 1.807) is 24.3 Å². The summed E-state index contributed by atoms with van der Waals surface area (Å²) in [7, 11) is 1.75. The fourth-order valence-electron chi connectivity index (χ4n) is 4.74. The van der Waals surface area contributed by atoms with Crippen molar-refractivity contribution in [1.82, 2.24) is 15.2 Å². The number of aromatic nitrogens is 1. The summed E-state index contributed by atoms with van der Waals surface area (Å²) in [6.45, 7) is 7.75. The third-order valence-corrected chi connectivity index (χ3v) is 8.05. The van der Waals surface area contributed by atoms with Crippen molar-refractivity contribution in [1.29, 1.82) is 0 Å². The van der Waals surface area contributed by atoms with E-state index in [1.165, 1.54) is 18.3 Å². The van der Waals surface area contributed by atoms with Gasteiger partial charge in [-0.3, -0.25) is 19.2 Å². The summed E-state index contributed by atoms with van der Waals surface area (Å²) in [5.41, 5.74) is 1.14. The first-order valence-electron chi connectivity index (χ1n) is 13.5. The van der Waals surface area contributed by atoms with Crippen LogP contribution in [0.1, 0.15) is 67.7 Å². The van der Waals surface area contributed by atoms with E-state index >= 15 is 0 Å². The molecule has 1 saturated heterocycles. The molecule has 1 aromatic carbocycles. The Balaban J connectivity index is 1.76. The Morgan fingerprint density at radius 2 is 1.82 bits per heavy atom. The van der Waals surface area contributed by atoms with Crippen molar-refractivity contribution >= 4 is 35.1 Å². The maximum absolute atomic E-state index is 13.2. The molecule has 2 heterocycles. The summed E-state index contributed by atoms with van der Waals surface area (Å²) >= 11 is 1.21. The Bertz CT molecular complexity index is 1170. The van der Waals surface area contributed by atoms with Gasteiger partial charge in [0.25, 0.3) is 5.91 Å². The summed E-state index contributed by atoms with van der Waals surface area (Å²) in [6.07, 6.45) is 0.316. The minimum atomic E-state index is -0.930. The van der Waals surface area contributed by atoms with Crippen LogP contribution < -0.4 is 5.32 Å². The van der Waals surface area contributed by atoms with Gasteiger partial charge in [0.2, 0.25) is 5.91 Å². The molecule has 3 rings (SSSR count). The van der Waals surface area contributed by atoms with Crippen molar-refractivity contribution in [2.75, 3.05) is 20.3 Å². The van der Waals surface area contributed by atoms with Crippen LogP contribution in [0.25, 0.3) is 0 Å². The quantitative estimate of drug-likeness (QED) is 0.327. The molecule has 2 amide bonds. The molecule has 10 nitrogen and oxygen atoms in total. The Labute approximate surface area is 239 Å². The number of amides is 2. The summed E-state index contributed by atoms with van der Waals surface area (Å²) in [4.78, 5) is 55.8. The van der Waals surface area contributed by atoms with Crippen LogP contribution in [-0.2, 0) is 30.3 Å². The van der Waals surface area contributed by atoms with Crippen LogP contribution in [0, 0.1) is 17.8 Å². The largest absolute Gasteiger partial charge is 0.481 e. The molecule has 0 spiro atoms. The molecule has 0 saturated carbocycles. The molecule has 1 aliphatic rings. The second-order valence-corrected chi connectivity index (χ2v) is 11.6. The molecule has 218 valence electrons. The van der Waals surface area contributed by atoms with Crippen molar-refractivity contribution in [3.05, 3.63) is 52.0 Å². The van der Waals surface area contributed by atoms with E-state index < -0.39 is 35.9 Å². The monoisotopic (exact) mass is 573 g/mol. The summed E-state index contributed by atoms with van der Waals surface area (Å²) in [6, 6.07) is 8.90. The minimum absolute atomic E-state index is 0.00854. The van der Waals surface area contributed by atoms with Crippen molar-refractivity contribution in [3.8, 4) is 0 Å². The third kappa shape index (κ3) is 8.59. The van der Waals surface area contributed by atoms with Gasteiger partial charge in [-0.1, -0.05) is 51.1 Å². The smallest absolute Gasteiger partial charge is 0.306 e. The predicted molar refractivity (Wildman–Crippen MR) is 150 cm³/mol. The first kappa shape index (κ1) is 31.2. The minimum Gasteiger partial charge on any atom is -0.481 e. The Hall–Kier alpha value is -3.31. The predicted octanol–water partition coefficient (Wildman–Crippen LogP) is 3.72. The number of rotatable bonds is 14. The number of carboxylic acids is 1. The molecule has 4 unspecified atom stereocenters. The second-order valence-electron chi connectivity index (χ2n) is 10.7. The first-order valence-corrected chi connectivity index (χ1v) is 14.4. The zero-order valence-electron chi connectivity index (χ0n) is 23.7. The molecule has 1 aromatic heterocycles. The summed E-state index contributed by atoms with van der Waals surface area (Å²) in [5.74, 6) is -2.59. The number of carboxylic acid groups (broad SMARTS) is 1. The van der Waals surface area contributed by atoms with Crippen LogP contribution in [0.5, 0.6) is 0 Å². The highest BCUT2D eigenvalue weighted by molar-refractivity contribution is 7.09. The van der Waals surface area contributed by atoms with Gasteiger partial charge in [0.15, 0.2) is 6.10 Å². The van der Waals surface area contributed by atoms with Gasteiger partial charge in [0, 0.05) is 37.9 Å². The third-order valence-electron chi connectivity index (χ3n) is 7.12. The van der Waals surface area contributed by atoms with Crippen molar-refractivity contribution in [3.63, 3.8) is 0 Å². The number of thiazole rings is 1. The number of ether oxygens (including phenoxy) is 2. The van der Waals surface area contributed by atoms with Gasteiger partial charge in [-0.15, -0.1) is 11.3 Å². The lowest BCUT2D eigenvalue weighted by molar-refractivity contribution is -0.154. The van der Waals surface area contributed by atoms with Crippen LogP contribution in [0.15, 0.2) is 35.7 Å². The molecule has 1 aliphatic heterocycles. The molecular weight excluding hydrogens is 534 g/mol. The number of aliphatic carboxylic acids is 1. The zero-order chi connectivity index (χ0) is 29.4. The Morgan fingerprint density at radius 3 is 2.38 bits per heavy atom. The number of nitrogens with zero attached hydrogens (tertiary/aromatic N) is 2. The SMILES string of the molecule is CC(=O)OC(CC(C(C)C)N(C)C(=O)C1COC1)c1nc(C(=O)NC(Cc2ccccc2)CC(C)C(=O)O)cs1. The van der Waals surface area contributed by atoms with E-state index in [9.17, 15) is 24.3 Å². The molecule has 2 aromatic rings. The lowest BCUT2D eigenvalue weighted by Crippen LogP contribution is -2.49. The fraction of sp³-hybridized carbons (Fsp3) is 0.552. The molecule has 11 heteroatoms. The topological polar surface area (TPSA) is 135 Å². The molecule has 2 N–H and O–H groups in total.